The molecule has 1 aromatic heterocycles. The van der Waals surface area contributed by atoms with E-state index in [1.54, 1.807) is 19.2 Å². The first kappa shape index (κ1) is 25.5. The molecule has 37 heavy (non-hydrogen) atoms. The number of aromatic nitrogens is 1. The molecule has 0 spiro atoms. The van der Waals surface area contributed by atoms with E-state index in [1.165, 1.54) is 0 Å². The Morgan fingerprint density at radius 3 is 2.65 bits per heavy atom. The molecule has 2 aliphatic rings. The average Bonchev–Trinajstić information content (AvgIpc) is 3.61. The molecule has 2 fully saturated rings. The summed E-state index contributed by atoms with van der Waals surface area (Å²) < 4.78 is 35.2. The highest BCUT2D eigenvalue weighted by molar-refractivity contribution is 7.89. The van der Waals surface area contributed by atoms with Gasteiger partial charge in [-0.15, -0.1) is 0 Å². The second kappa shape index (κ2) is 10.7. The van der Waals surface area contributed by atoms with Crippen LogP contribution < -0.4 is 9.46 Å². The summed E-state index contributed by atoms with van der Waals surface area (Å²) in [6, 6.07) is 14.9. The Kier molecular flexibility index (Phi) is 7.40. The van der Waals surface area contributed by atoms with Crippen LogP contribution in [0.15, 0.2) is 65.6 Å². The minimum absolute atomic E-state index is 0.0679. The number of fused-ring (bicyclic) bond motifs is 3. The van der Waals surface area contributed by atoms with Gasteiger partial charge in [0, 0.05) is 29.1 Å². The number of ether oxygens (including phenoxy) is 1. The molecule has 8 heteroatoms. The predicted molar refractivity (Wildman–Crippen MR) is 144 cm³/mol. The summed E-state index contributed by atoms with van der Waals surface area (Å²) in [6.07, 6.45) is 9.81. The van der Waals surface area contributed by atoms with Crippen LogP contribution in [0.2, 0.25) is 0 Å². The van der Waals surface area contributed by atoms with Gasteiger partial charge in [-0.25, -0.2) is 13.1 Å². The van der Waals surface area contributed by atoms with Gasteiger partial charge >= 0.3 is 5.97 Å². The van der Waals surface area contributed by atoms with E-state index in [9.17, 15) is 13.2 Å². The Bertz CT molecular complexity index is 1390. The van der Waals surface area contributed by atoms with Crippen LogP contribution in [0.5, 0.6) is 5.75 Å². The Labute approximate surface area is 218 Å². The highest BCUT2D eigenvalue weighted by Crippen LogP contribution is 2.50. The Morgan fingerprint density at radius 1 is 1.11 bits per heavy atom. The van der Waals surface area contributed by atoms with E-state index in [1.807, 2.05) is 42.5 Å². The summed E-state index contributed by atoms with van der Waals surface area (Å²) in [7, 11) is -2.05. The summed E-state index contributed by atoms with van der Waals surface area (Å²) in [4.78, 5) is 14.3. The Balaban J connectivity index is 1.29. The van der Waals surface area contributed by atoms with Crippen molar-refractivity contribution in [1.29, 1.82) is 0 Å². The number of carboxylic acid groups (broad SMARTS) is 1. The fourth-order valence-electron chi connectivity index (χ4n) is 6.12. The van der Waals surface area contributed by atoms with E-state index in [0.717, 1.165) is 60.0 Å². The first-order valence-electron chi connectivity index (χ1n) is 13.0. The minimum atomic E-state index is -3.68. The van der Waals surface area contributed by atoms with Gasteiger partial charge in [0.2, 0.25) is 10.0 Å². The van der Waals surface area contributed by atoms with Crippen molar-refractivity contribution in [2.24, 2.45) is 17.8 Å². The number of hydrogen-bond acceptors (Lipinski definition) is 4. The maximum Gasteiger partial charge on any atom is 0.303 e. The van der Waals surface area contributed by atoms with Gasteiger partial charge in [-0.05, 0) is 104 Å². The summed E-state index contributed by atoms with van der Waals surface area (Å²) in [6.45, 7) is 0. The van der Waals surface area contributed by atoms with Crippen LogP contribution in [0.3, 0.4) is 0 Å². The fraction of sp³-hybridized carbons (Fsp3) is 0.414. The van der Waals surface area contributed by atoms with Crippen LogP contribution in [-0.4, -0.2) is 37.6 Å². The molecule has 2 aliphatic carbocycles. The SMILES string of the molecule is COc1ccc(-c2cc3ccc(S(=O)(=O)N[C@@H]4[C@@H]5CC[C@@H](C5)[C@H]4C/C=C\CCCC(=O)O)cc3[nH]2)cc1. The number of allylic oxidation sites excluding steroid dienone is 2. The smallest absolute Gasteiger partial charge is 0.303 e. The molecule has 2 saturated carbocycles. The third-order valence-electron chi connectivity index (χ3n) is 8.02. The number of nitrogens with one attached hydrogen (secondary N) is 2. The lowest BCUT2D eigenvalue weighted by Gasteiger charge is -2.31. The average molecular weight is 523 g/mol. The lowest BCUT2D eigenvalue weighted by molar-refractivity contribution is -0.137. The first-order valence-corrected chi connectivity index (χ1v) is 14.5. The Morgan fingerprint density at radius 2 is 1.89 bits per heavy atom. The maximum atomic E-state index is 13.5. The van der Waals surface area contributed by atoms with Crippen LogP contribution in [-0.2, 0) is 14.8 Å². The molecule has 3 aromatic rings. The molecule has 4 atom stereocenters. The fourth-order valence-corrected chi connectivity index (χ4v) is 7.50. The van der Waals surface area contributed by atoms with Gasteiger partial charge in [0.25, 0.3) is 0 Å². The summed E-state index contributed by atoms with van der Waals surface area (Å²) in [5, 5.41) is 9.74. The van der Waals surface area contributed by atoms with Crippen molar-refractivity contribution >= 4 is 26.9 Å². The zero-order valence-corrected chi connectivity index (χ0v) is 21.8. The van der Waals surface area contributed by atoms with Crippen LogP contribution >= 0.6 is 0 Å². The number of rotatable bonds is 11. The summed E-state index contributed by atoms with van der Waals surface area (Å²) >= 11 is 0. The van der Waals surface area contributed by atoms with Crippen LogP contribution in [0.1, 0.15) is 44.9 Å². The van der Waals surface area contributed by atoms with Crippen molar-refractivity contribution in [3.63, 3.8) is 0 Å². The van der Waals surface area contributed by atoms with Gasteiger partial charge in [-0.3, -0.25) is 4.79 Å². The van der Waals surface area contributed by atoms with Gasteiger partial charge in [-0.2, -0.15) is 0 Å². The van der Waals surface area contributed by atoms with Crippen LogP contribution in [0.4, 0.5) is 0 Å². The number of benzene rings is 2. The van der Waals surface area contributed by atoms with Crippen molar-refractivity contribution in [3.8, 4) is 17.0 Å². The third-order valence-corrected chi connectivity index (χ3v) is 9.48. The van der Waals surface area contributed by atoms with E-state index >= 15 is 0 Å². The normalized spacial score (nSPS) is 23.3. The van der Waals surface area contributed by atoms with E-state index in [4.69, 9.17) is 9.84 Å². The summed E-state index contributed by atoms with van der Waals surface area (Å²) in [5.41, 5.74) is 2.70. The molecular weight excluding hydrogens is 488 g/mol. The van der Waals surface area contributed by atoms with Gasteiger partial charge in [0.15, 0.2) is 0 Å². The third kappa shape index (κ3) is 5.60. The molecule has 7 nitrogen and oxygen atoms in total. The molecular formula is C29H34N2O5S. The standard InChI is InChI=1S/C29H34N2O5S/c1-36-23-13-10-19(11-14-23)26-17-21-12-15-24(18-27(21)30-26)37(34,35)31-29-22-9-8-20(16-22)25(29)6-4-2-3-5-7-28(32)33/h2,4,10-15,17-18,20,22,25,29-31H,3,5-9,16H2,1H3,(H,32,33)/b4-2-/t20-,22+,25+,29+/m0/s1. The van der Waals surface area contributed by atoms with E-state index < -0.39 is 16.0 Å². The lowest BCUT2D eigenvalue weighted by atomic mass is 9.83. The number of hydrogen-bond donors (Lipinski definition) is 3. The molecule has 0 unspecified atom stereocenters. The molecule has 2 bridgehead atoms. The van der Waals surface area contributed by atoms with Gasteiger partial charge in [0.1, 0.15) is 5.75 Å². The first-order chi connectivity index (χ1) is 17.8. The molecule has 0 aliphatic heterocycles. The van der Waals surface area contributed by atoms with Gasteiger partial charge in [0.05, 0.1) is 12.0 Å². The number of carboxylic acids is 1. The van der Waals surface area contributed by atoms with Crippen molar-refractivity contribution in [2.75, 3.05) is 7.11 Å². The van der Waals surface area contributed by atoms with E-state index in [2.05, 4.69) is 15.8 Å². The molecule has 196 valence electrons. The lowest BCUT2D eigenvalue weighted by Crippen LogP contribution is -2.43. The molecule has 1 heterocycles. The van der Waals surface area contributed by atoms with Crippen molar-refractivity contribution < 1.29 is 23.1 Å². The zero-order chi connectivity index (χ0) is 26.0. The number of sulfonamides is 1. The second-order valence-electron chi connectivity index (χ2n) is 10.3. The van der Waals surface area contributed by atoms with E-state index in [0.29, 0.717) is 18.3 Å². The number of aliphatic carboxylic acids is 1. The zero-order valence-electron chi connectivity index (χ0n) is 21.0. The highest BCUT2D eigenvalue weighted by atomic mass is 32.2. The largest absolute Gasteiger partial charge is 0.497 e. The van der Waals surface area contributed by atoms with Gasteiger partial charge < -0.3 is 14.8 Å². The number of methoxy groups -OCH3 is 1. The molecule has 0 saturated heterocycles. The Hall–Kier alpha value is -3.10. The number of carbonyl (C=O) groups is 1. The van der Waals surface area contributed by atoms with Crippen molar-refractivity contribution in [2.45, 2.75) is 55.9 Å². The van der Waals surface area contributed by atoms with Crippen molar-refractivity contribution in [1.82, 2.24) is 9.71 Å². The number of unbranched alkanes of at least 4 members (excludes halogenated alkanes) is 1. The minimum Gasteiger partial charge on any atom is -0.497 e. The molecule has 0 radical (unpaired) electrons. The maximum absolute atomic E-state index is 13.5. The van der Waals surface area contributed by atoms with E-state index in [-0.39, 0.29) is 23.3 Å². The highest BCUT2D eigenvalue weighted by Gasteiger charge is 2.48. The molecule has 3 N–H and O–H groups in total. The molecule has 2 aromatic carbocycles. The topological polar surface area (TPSA) is 108 Å². The summed E-state index contributed by atoms with van der Waals surface area (Å²) in [5.74, 6) is 1.21. The number of H-pyrrole nitrogens is 1. The van der Waals surface area contributed by atoms with Gasteiger partial charge in [-0.1, -0.05) is 18.2 Å². The quantitative estimate of drug-likeness (QED) is 0.220. The number of aromatic amines is 1. The van der Waals surface area contributed by atoms with Crippen LogP contribution in [0, 0.1) is 17.8 Å². The molecule has 0 amide bonds. The van der Waals surface area contributed by atoms with Crippen LogP contribution in [0.25, 0.3) is 22.2 Å². The predicted octanol–water partition coefficient (Wildman–Crippen LogP) is 5.74. The molecule has 5 rings (SSSR count). The van der Waals surface area contributed by atoms with Crippen molar-refractivity contribution in [3.05, 3.63) is 60.7 Å². The monoisotopic (exact) mass is 522 g/mol. The second-order valence-corrected chi connectivity index (χ2v) is 12.0.